The maximum absolute atomic E-state index is 2.81. The van der Waals surface area contributed by atoms with Crippen LogP contribution in [0.1, 0.15) is 212 Å². The van der Waals surface area contributed by atoms with Crippen LogP contribution in [0.5, 0.6) is 0 Å². The smallest absolute Gasteiger partial charge is 0.252 e. The van der Waals surface area contributed by atoms with Crippen molar-refractivity contribution in [2.24, 2.45) is 0 Å². The van der Waals surface area contributed by atoms with Crippen molar-refractivity contribution in [1.29, 1.82) is 0 Å². The van der Waals surface area contributed by atoms with E-state index in [4.69, 9.17) is 0 Å². The Bertz CT molecular complexity index is 4070. The van der Waals surface area contributed by atoms with Gasteiger partial charge in [0.25, 0.3) is 6.71 Å². The monoisotopic (exact) mass is 1090 g/mol. The van der Waals surface area contributed by atoms with Gasteiger partial charge in [-0.25, -0.2) is 0 Å². The molecule has 0 unspecified atom stereocenters. The fourth-order valence-corrected chi connectivity index (χ4v) is 16.8. The third-order valence-corrected chi connectivity index (χ3v) is 22.5. The molecule has 6 aliphatic rings. The summed E-state index contributed by atoms with van der Waals surface area (Å²) in [6, 6.07) is 56.8. The number of fused-ring (bicyclic) bond motifs is 11. The van der Waals surface area contributed by atoms with Gasteiger partial charge in [0.1, 0.15) is 0 Å². The number of benzene rings is 8. The summed E-state index contributed by atoms with van der Waals surface area (Å²) in [5.74, 6) is 0. The molecule has 0 saturated heterocycles. The van der Waals surface area contributed by atoms with E-state index in [0.29, 0.717) is 0 Å². The zero-order valence-corrected chi connectivity index (χ0v) is 53.5. The first-order chi connectivity index (χ1) is 38.9. The summed E-state index contributed by atoms with van der Waals surface area (Å²) in [6.45, 7) is 44.4. The van der Waals surface area contributed by atoms with Crippen molar-refractivity contribution in [2.75, 3.05) is 9.80 Å². The van der Waals surface area contributed by atoms with Crippen molar-refractivity contribution in [3.8, 4) is 33.4 Å². The lowest BCUT2D eigenvalue weighted by Gasteiger charge is -2.49. The highest BCUT2D eigenvalue weighted by molar-refractivity contribution is 7.00. The number of aryl methyl sites for hydroxylation is 1. The van der Waals surface area contributed by atoms with Crippen LogP contribution in [-0.4, -0.2) is 6.71 Å². The van der Waals surface area contributed by atoms with Gasteiger partial charge >= 0.3 is 0 Å². The summed E-state index contributed by atoms with van der Waals surface area (Å²) >= 11 is 0. The predicted octanol–water partition coefficient (Wildman–Crippen LogP) is 20.1. The van der Waals surface area contributed by atoms with E-state index < -0.39 is 0 Å². The molecule has 0 bridgehead atoms. The van der Waals surface area contributed by atoms with Crippen LogP contribution in [0.2, 0.25) is 0 Å². The molecule has 0 atom stereocenters. The Morgan fingerprint density at radius 1 is 0.373 bits per heavy atom. The van der Waals surface area contributed by atoms with Crippen molar-refractivity contribution >= 4 is 57.2 Å². The van der Waals surface area contributed by atoms with Crippen LogP contribution in [0.3, 0.4) is 0 Å². The Morgan fingerprint density at radius 3 is 1.53 bits per heavy atom. The molecule has 0 aromatic heterocycles. The molecule has 2 heterocycles. The van der Waals surface area contributed by atoms with Crippen LogP contribution in [0, 0.1) is 6.92 Å². The Hall–Kier alpha value is -6.58. The molecule has 2 aliphatic heterocycles. The molecular formula is C80H89BN2. The summed E-state index contributed by atoms with van der Waals surface area (Å²) in [5.41, 5.74) is 34.2. The third kappa shape index (κ3) is 7.93. The van der Waals surface area contributed by atoms with E-state index in [1.165, 1.54) is 159 Å². The Balaban J connectivity index is 1.17. The number of nitrogens with zero attached hydrogens (tertiary/aromatic N) is 2. The minimum absolute atomic E-state index is 0.00902. The minimum Gasteiger partial charge on any atom is -0.311 e. The van der Waals surface area contributed by atoms with E-state index in [9.17, 15) is 0 Å². The second-order valence-electron chi connectivity index (χ2n) is 32.2. The van der Waals surface area contributed by atoms with Crippen LogP contribution in [0.4, 0.5) is 34.1 Å². The normalized spacial score (nSPS) is 20.0. The average Bonchev–Trinajstić information content (AvgIpc) is 2.61. The topological polar surface area (TPSA) is 6.48 Å². The maximum atomic E-state index is 2.81. The number of rotatable bonds is 4. The molecule has 4 aliphatic carbocycles. The van der Waals surface area contributed by atoms with Gasteiger partial charge in [0, 0.05) is 39.4 Å². The van der Waals surface area contributed by atoms with Crippen molar-refractivity contribution in [1.82, 2.24) is 0 Å². The maximum Gasteiger partial charge on any atom is 0.252 e. The Labute approximate surface area is 499 Å². The Kier molecular flexibility index (Phi) is 11.5. The van der Waals surface area contributed by atoms with E-state index in [0.717, 1.165) is 19.3 Å². The van der Waals surface area contributed by atoms with Crippen LogP contribution in [-0.2, 0) is 43.3 Å². The molecule has 8 aromatic rings. The lowest BCUT2D eigenvalue weighted by atomic mass is 9.32. The summed E-state index contributed by atoms with van der Waals surface area (Å²) in [5, 5.41) is 0. The molecule has 83 heavy (non-hydrogen) atoms. The zero-order chi connectivity index (χ0) is 58.7. The first kappa shape index (κ1) is 54.4. The molecule has 3 heteroatoms. The number of anilines is 6. The van der Waals surface area contributed by atoms with E-state index in [1.54, 1.807) is 0 Å². The highest BCUT2D eigenvalue weighted by Gasteiger charge is 2.52. The van der Waals surface area contributed by atoms with Gasteiger partial charge in [-0.3, -0.25) is 0 Å². The van der Waals surface area contributed by atoms with Crippen LogP contribution >= 0.6 is 0 Å². The molecule has 0 radical (unpaired) electrons. The van der Waals surface area contributed by atoms with Crippen molar-refractivity contribution in [3.05, 3.63) is 195 Å². The molecule has 422 valence electrons. The fraction of sp³-hybridized carbons (Fsp3) is 0.400. The fourth-order valence-electron chi connectivity index (χ4n) is 16.8. The van der Waals surface area contributed by atoms with Crippen molar-refractivity contribution < 1.29 is 0 Å². The molecule has 0 saturated carbocycles. The standard InChI is InChI=1S/C80H89BN2/c1-48-24-22-23-27-53(48)50-40-68-71-69(41-50)83(66-33-28-51(73(2,3)4)42-55(66)49-25-20-19-21-26-49)72-64(32-30-54-56-44-60-61(45-58(56)80(17,18)70(54)72)77(11,12)37-36-76(60,9)10)81(71)65-46-62-63(79(15,16)39-38-78(62,13)14)47-67(65)82(68)52-29-31-57-59(43-52)75(7,8)35-34-74(57,5)6/h19-33,40-47H,34-39H2,1-18H3. The SMILES string of the molecule is Cc1ccccc1-c1cc2c3c(c1)N(c1ccc(C(C)(C)C)cc1-c1ccccc1)c1c(ccc4c1C(C)(C)c1cc5c(cc1-4)C(C)(C)CCC5(C)C)B3c1cc3c(cc1N2c1ccc2c(c1)C(C)(C)CCC2(C)C)C(C)(C)CCC3(C)C. The van der Waals surface area contributed by atoms with Gasteiger partial charge in [0.2, 0.25) is 0 Å². The van der Waals surface area contributed by atoms with Crippen molar-refractivity contribution in [2.45, 2.75) is 206 Å². The largest absolute Gasteiger partial charge is 0.311 e. The highest BCUT2D eigenvalue weighted by atomic mass is 15.2. The van der Waals surface area contributed by atoms with E-state index in [2.05, 4.69) is 274 Å². The minimum atomic E-state index is -0.331. The summed E-state index contributed by atoms with van der Waals surface area (Å²) in [6.07, 6.45) is 7.04. The van der Waals surface area contributed by atoms with E-state index in [1.807, 2.05) is 0 Å². The molecule has 8 aromatic carbocycles. The summed E-state index contributed by atoms with van der Waals surface area (Å²) < 4.78 is 0. The molecule has 0 spiro atoms. The molecular weight excluding hydrogens is 1000 g/mol. The van der Waals surface area contributed by atoms with Gasteiger partial charge in [0.05, 0.1) is 5.69 Å². The summed E-state index contributed by atoms with van der Waals surface area (Å²) in [4.78, 5) is 5.57. The highest BCUT2D eigenvalue weighted by Crippen LogP contribution is 2.60. The van der Waals surface area contributed by atoms with Crippen LogP contribution in [0.15, 0.2) is 140 Å². The quantitative estimate of drug-likeness (QED) is 0.162. The second-order valence-corrected chi connectivity index (χ2v) is 32.2. The van der Waals surface area contributed by atoms with Gasteiger partial charge in [-0.05, 0) is 232 Å². The van der Waals surface area contributed by atoms with Gasteiger partial charge in [-0.15, -0.1) is 0 Å². The van der Waals surface area contributed by atoms with Gasteiger partial charge in [-0.1, -0.05) is 209 Å². The first-order valence-electron chi connectivity index (χ1n) is 31.7. The molecule has 0 fully saturated rings. The van der Waals surface area contributed by atoms with Gasteiger partial charge < -0.3 is 9.80 Å². The van der Waals surface area contributed by atoms with E-state index in [-0.39, 0.29) is 50.0 Å². The third-order valence-electron chi connectivity index (χ3n) is 22.5. The van der Waals surface area contributed by atoms with E-state index >= 15 is 0 Å². The number of hydrogen-bond donors (Lipinski definition) is 0. The molecule has 14 rings (SSSR count). The lowest BCUT2D eigenvalue weighted by molar-refractivity contribution is 0.331. The van der Waals surface area contributed by atoms with Crippen molar-refractivity contribution in [3.63, 3.8) is 0 Å². The molecule has 0 N–H and O–H groups in total. The predicted molar refractivity (Wildman–Crippen MR) is 358 cm³/mol. The Morgan fingerprint density at radius 2 is 0.916 bits per heavy atom. The van der Waals surface area contributed by atoms with Crippen LogP contribution in [0.25, 0.3) is 33.4 Å². The molecule has 2 nitrogen and oxygen atoms in total. The number of hydrogen-bond acceptors (Lipinski definition) is 2. The van der Waals surface area contributed by atoms with Gasteiger partial charge in [-0.2, -0.15) is 0 Å². The zero-order valence-electron chi connectivity index (χ0n) is 53.5. The van der Waals surface area contributed by atoms with Gasteiger partial charge in [0.15, 0.2) is 0 Å². The second kappa shape index (κ2) is 17.5. The molecule has 0 amide bonds. The lowest BCUT2D eigenvalue weighted by Crippen LogP contribution is -2.62. The first-order valence-corrected chi connectivity index (χ1v) is 31.7. The van der Waals surface area contributed by atoms with Crippen LogP contribution < -0.4 is 26.2 Å². The summed E-state index contributed by atoms with van der Waals surface area (Å²) in [7, 11) is 0. The average molecular weight is 1090 g/mol.